The third kappa shape index (κ3) is 8.34. The Bertz CT molecular complexity index is 1230. The van der Waals surface area contributed by atoms with E-state index in [-0.39, 0.29) is 18.4 Å². The third-order valence-electron chi connectivity index (χ3n) is 6.06. The van der Waals surface area contributed by atoms with Gasteiger partial charge in [0.05, 0.1) is 11.0 Å². The van der Waals surface area contributed by atoms with Crippen LogP contribution in [0.5, 0.6) is 0 Å². The number of thiophene rings is 1. The van der Waals surface area contributed by atoms with Crippen LogP contribution in [0.2, 0.25) is 0 Å². The maximum atomic E-state index is 13.0. The molecule has 202 valence electrons. The van der Waals surface area contributed by atoms with E-state index in [4.69, 9.17) is 0 Å². The summed E-state index contributed by atoms with van der Waals surface area (Å²) >= 11 is 1.42. The predicted octanol–water partition coefficient (Wildman–Crippen LogP) is 4.68. The molecule has 2 aromatic carbocycles. The van der Waals surface area contributed by atoms with Gasteiger partial charge in [-0.1, -0.05) is 32.0 Å². The molecule has 0 aliphatic rings. The lowest BCUT2D eigenvalue weighted by Crippen LogP contribution is -2.38. The van der Waals surface area contributed by atoms with E-state index in [9.17, 15) is 19.5 Å². The first-order valence-electron chi connectivity index (χ1n) is 13.1. The zero-order chi connectivity index (χ0) is 27.5. The number of aliphatic hydroxyl groups excluding tert-OH is 1. The number of hydrogen-bond donors (Lipinski definition) is 3. The molecular weight excluding hydrogens is 498 g/mol. The summed E-state index contributed by atoms with van der Waals surface area (Å²) < 4.78 is 0. The molecule has 2 amide bonds. The first-order chi connectivity index (χ1) is 18.3. The maximum absolute atomic E-state index is 13.0. The number of carbonyl (C=O) groups is 3. The number of carbonyl (C=O) groups excluding carboxylic acids is 3. The Morgan fingerprint density at radius 2 is 1.74 bits per heavy atom. The summed E-state index contributed by atoms with van der Waals surface area (Å²) in [6.45, 7) is 8.26. The van der Waals surface area contributed by atoms with E-state index >= 15 is 0 Å². The van der Waals surface area contributed by atoms with E-state index in [0.29, 0.717) is 42.2 Å². The van der Waals surface area contributed by atoms with Crippen LogP contribution in [0.3, 0.4) is 0 Å². The van der Waals surface area contributed by atoms with Gasteiger partial charge in [-0.15, -0.1) is 11.3 Å². The Kier molecular flexibility index (Phi) is 11.2. The number of benzene rings is 2. The molecule has 8 heteroatoms. The molecule has 0 aliphatic carbocycles. The van der Waals surface area contributed by atoms with Crippen molar-refractivity contribution in [2.45, 2.75) is 46.3 Å². The fourth-order valence-corrected chi connectivity index (χ4v) is 4.99. The van der Waals surface area contributed by atoms with Gasteiger partial charge in [-0.2, -0.15) is 0 Å². The number of amides is 2. The lowest BCUT2D eigenvalue weighted by molar-refractivity contribution is 0.0755. The standard InChI is InChI=1S/C30H37N3O4S/c1-4-9-33(10-5-2)30(37)25-12-21(3)11-24(14-25)29(36)32-18-27(35)17-31-16-22-7-6-8-23(13-22)26-15-28(19-34)38-20-26/h6-8,11-15,19-20,27,31,35H,4-5,9-10,16-18H2,1-3H3,(H,32,36)/t27-/m1/s1. The van der Waals surface area contributed by atoms with Crippen LogP contribution in [0.4, 0.5) is 0 Å². The summed E-state index contributed by atoms with van der Waals surface area (Å²) in [4.78, 5) is 39.3. The van der Waals surface area contributed by atoms with E-state index in [1.807, 2.05) is 61.4 Å². The van der Waals surface area contributed by atoms with Gasteiger partial charge in [0.2, 0.25) is 0 Å². The lowest BCUT2D eigenvalue weighted by atomic mass is 10.0. The van der Waals surface area contributed by atoms with Gasteiger partial charge in [0.25, 0.3) is 11.8 Å². The van der Waals surface area contributed by atoms with Crippen molar-refractivity contribution in [3.63, 3.8) is 0 Å². The highest BCUT2D eigenvalue weighted by Gasteiger charge is 2.17. The van der Waals surface area contributed by atoms with Crippen LogP contribution in [0.25, 0.3) is 11.1 Å². The van der Waals surface area contributed by atoms with Gasteiger partial charge in [-0.05, 0) is 77.7 Å². The number of aryl methyl sites for hydroxylation is 1. The van der Waals surface area contributed by atoms with Gasteiger partial charge in [-0.3, -0.25) is 14.4 Å². The molecule has 38 heavy (non-hydrogen) atoms. The molecule has 0 unspecified atom stereocenters. The van der Waals surface area contributed by atoms with E-state index < -0.39 is 6.10 Å². The SMILES string of the molecule is CCCN(CCC)C(=O)c1cc(C)cc(C(=O)NC[C@H](O)CNCc2cccc(-c3csc(C=O)c3)c2)c1. The van der Waals surface area contributed by atoms with Crippen LogP contribution in [0.15, 0.2) is 53.9 Å². The molecule has 1 atom stereocenters. The molecule has 3 N–H and O–H groups in total. The lowest BCUT2D eigenvalue weighted by Gasteiger charge is -2.22. The second kappa shape index (κ2) is 14.6. The van der Waals surface area contributed by atoms with Crippen molar-refractivity contribution in [3.05, 3.63) is 81.0 Å². The molecule has 0 saturated heterocycles. The fourth-order valence-electron chi connectivity index (χ4n) is 4.27. The smallest absolute Gasteiger partial charge is 0.253 e. The van der Waals surface area contributed by atoms with Crippen molar-refractivity contribution in [1.82, 2.24) is 15.5 Å². The highest BCUT2D eigenvalue weighted by molar-refractivity contribution is 7.12. The van der Waals surface area contributed by atoms with Crippen LogP contribution >= 0.6 is 11.3 Å². The fraction of sp³-hybridized carbons (Fsp3) is 0.367. The van der Waals surface area contributed by atoms with Gasteiger partial charge in [0.15, 0.2) is 6.29 Å². The zero-order valence-corrected chi connectivity index (χ0v) is 23.1. The van der Waals surface area contributed by atoms with Crippen molar-refractivity contribution in [2.75, 3.05) is 26.2 Å². The minimum absolute atomic E-state index is 0.0667. The summed E-state index contributed by atoms with van der Waals surface area (Å²) in [6, 6.07) is 15.1. The number of rotatable bonds is 14. The van der Waals surface area contributed by atoms with Crippen LogP contribution in [-0.2, 0) is 6.54 Å². The number of nitrogens with one attached hydrogen (secondary N) is 2. The second-order valence-electron chi connectivity index (χ2n) is 9.43. The van der Waals surface area contributed by atoms with Gasteiger partial charge in [-0.25, -0.2) is 0 Å². The number of aldehydes is 1. The molecule has 0 saturated carbocycles. The van der Waals surface area contributed by atoms with Crippen molar-refractivity contribution in [3.8, 4) is 11.1 Å². The summed E-state index contributed by atoms with van der Waals surface area (Å²) in [5.41, 5.74) is 4.84. The molecule has 3 aromatic rings. The number of aliphatic hydroxyl groups is 1. The molecule has 7 nitrogen and oxygen atoms in total. The van der Waals surface area contributed by atoms with Gasteiger partial charge in [0, 0.05) is 43.9 Å². The normalized spacial score (nSPS) is 11.7. The number of nitrogens with zero attached hydrogens (tertiary/aromatic N) is 1. The summed E-state index contributed by atoms with van der Waals surface area (Å²) in [5, 5.41) is 18.4. The van der Waals surface area contributed by atoms with Crippen molar-refractivity contribution >= 4 is 29.4 Å². The highest BCUT2D eigenvalue weighted by atomic mass is 32.1. The molecule has 0 bridgehead atoms. The van der Waals surface area contributed by atoms with Crippen molar-refractivity contribution < 1.29 is 19.5 Å². The van der Waals surface area contributed by atoms with Crippen molar-refractivity contribution in [1.29, 1.82) is 0 Å². The van der Waals surface area contributed by atoms with Crippen LogP contribution in [0, 0.1) is 6.92 Å². The molecule has 0 radical (unpaired) electrons. The Morgan fingerprint density at radius 3 is 2.42 bits per heavy atom. The van der Waals surface area contributed by atoms with E-state index in [2.05, 4.69) is 16.7 Å². The van der Waals surface area contributed by atoms with Gasteiger partial charge < -0.3 is 20.6 Å². The summed E-state index contributed by atoms with van der Waals surface area (Å²) in [7, 11) is 0. The maximum Gasteiger partial charge on any atom is 0.253 e. The predicted molar refractivity (Wildman–Crippen MR) is 153 cm³/mol. The first kappa shape index (κ1) is 29.2. The van der Waals surface area contributed by atoms with Crippen LogP contribution in [-0.4, -0.2) is 60.4 Å². The minimum atomic E-state index is -0.773. The monoisotopic (exact) mass is 535 g/mol. The topological polar surface area (TPSA) is 98.7 Å². The Labute approximate surface area is 228 Å². The van der Waals surface area contributed by atoms with Gasteiger partial charge in [0.1, 0.15) is 0 Å². The summed E-state index contributed by atoms with van der Waals surface area (Å²) in [6.07, 6.45) is 1.83. The van der Waals surface area contributed by atoms with E-state index in [1.54, 1.807) is 12.1 Å². The molecule has 0 aliphatic heterocycles. The number of hydrogen-bond acceptors (Lipinski definition) is 6. The quantitative estimate of drug-likeness (QED) is 0.261. The Morgan fingerprint density at radius 1 is 1.00 bits per heavy atom. The third-order valence-corrected chi connectivity index (χ3v) is 6.92. The second-order valence-corrected chi connectivity index (χ2v) is 10.4. The van der Waals surface area contributed by atoms with E-state index in [1.165, 1.54) is 11.3 Å². The molecule has 1 aromatic heterocycles. The average molecular weight is 536 g/mol. The average Bonchev–Trinajstić information content (AvgIpc) is 3.40. The molecule has 3 rings (SSSR count). The van der Waals surface area contributed by atoms with E-state index in [0.717, 1.165) is 41.4 Å². The Hall–Kier alpha value is -3.33. The molecule has 1 heterocycles. The van der Waals surface area contributed by atoms with Crippen LogP contribution < -0.4 is 10.6 Å². The first-order valence-corrected chi connectivity index (χ1v) is 13.9. The molecule has 0 spiro atoms. The zero-order valence-electron chi connectivity index (χ0n) is 22.3. The highest BCUT2D eigenvalue weighted by Crippen LogP contribution is 2.25. The molecular formula is C30H37N3O4S. The minimum Gasteiger partial charge on any atom is -0.390 e. The largest absolute Gasteiger partial charge is 0.390 e. The van der Waals surface area contributed by atoms with Crippen molar-refractivity contribution in [2.24, 2.45) is 0 Å². The molecule has 0 fully saturated rings. The van der Waals surface area contributed by atoms with Gasteiger partial charge >= 0.3 is 0 Å². The Balaban J connectivity index is 1.51. The summed E-state index contributed by atoms with van der Waals surface area (Å²) in [5.74, 6) is -0.388. The van der Waals surface area contributed by atoms with Crippen LogP contribution in [0.1, 0.15) is 68.2 Å².